The molecule has 5 heterocycles. The molecule has 7 rings (SSSR count). The predicted octanol–water partition coefficient (Wildman–Crippen LogP) is 7.62. The highest BCUT2D eigenvalue weighted by Gasteiger charge is 2.21. The van der Waals surface area contributed by atoms with Crippen LogP contribution in [0.2, 0.25) is 0 Å². The van der Waals surface area contributed by atoms with E-state index in [1.54, 1.807) is 19.3 Å². The van der Waals surface area contributed by atoms with Gasteiger partial charge in [0, 0.05) is 39.0 Å². The third-order valence-corrected chi connectivity index (χ3v) is 9.04. The number of rotatable bonds is 6. The van der Waals surface area contributed by atoms with Gasteiger partial charge in [0.2, 0.25) is 5.91 Å². The van der Waals surface area contributed by atoms with Crippen LogP contribution in [0.3, 0.4) is 0 Å². The second-order valence-corrected chi connectivity index (χ2v) is 11.7. The van der Waals surface area contributed by atoms with Gasteiger partial charge in [0.25, 0.3) is 0 Å². The van der Waals surface area contributed by atoms with Crippen molar-refractivity contribution in [2.24, 2.45) is 5.92 Å². The van der Waals surface area contributed by atoms with Crippen LogP contribution in [-0.2, 0) is 4.79 Å². The van der Waals surface area contributed by atoms with Crippen LogP contribution >= 0.6 is 11.3 Å². The van der Waals surface area contributed by atoms with Crippen LogP contribution in [0.1, 0.15) is 48.7 Å². The average molecular weight is 561 g/mol. The minimum atomic E-state index is 0.0698. The minimum Gasteiger partial charge on any atom is -0.353 e. The van der Waals surface area contributed by atoms with E-state index in [2.05, 4.69) is 37.6 Å². The standard InChI is InChI=1S/C32H28N6O2S/c1-18(39)28-12-13-29(41-28)22-8-5-9-25-23(22)15-27(35-25)31-30-26(37-38-31)11-10-24(36-30)20-14-21(17-33-16-20)34-32(40)19-6-3-2-4-7-19/h5,8-17,19,35H,2-4,6-7H2,1H3,(H,34,40)(H,37,38). The maximum atomic E-state index is 12.8. The van der Waals surface area contributed by atoms with Crippen molar-refractivity contribution in [3.8, 4) is 33.1 Å². The maximum Gasteiger partial charge on any atom is 0.227 e. The number of benzene rings is 1. The zero-order valence-electron chi connectivity index (χ0n) is 22.5. The van der Waals surface area contributed by atoms with E-state index in [1.165, 1.54) is 17.8 Å². The van der Waals surface area contributed by atoms with Gasteiger partial charge < -0.3 is 10.3 Å². The van der Waals surface area contributed by atoms with Crippen LogP contribution < -0.4 is 5.32 Å². The summed E-state index contributed by atoms with van der Waals surface area (Å²) in [5.74, 6) is 0.214. The number of ketones is 1. The number of hydrogen-bond acceptors (Lipinski definition) is 6. The van der Waals surface area contributed by atoms with Gasteiger partial charge in [-0.1, -0.05) is 31.4 Å². The summed E-state index contributed by atoms with van der Waals surface area (Å²) in [7, 11) is 0. The Labute approximate surface area is 240 Å². The molecule has 1 amide bonds. The molecule has 6 aromatic rings. The Hall–Kier alpha value is -4.63. The summed E-state index contributed by atoms with van der Waals surface area (Å²) in [5, 5.41) is 11.8. The highest BCUT2D eigenvalue weighted by molar-refractivity contribution is 7.17. The number of pyridine rings is 2. The molecule has 1 aliphatic rings. The number of carbonyl (C=O) groups is 2. The fourth-order valence-electron chi connectivity index (χ4n) is 5.67. The number of fused-ring (bicyclic) bond motifs is 2. The van der Waals surface area contributed by atoms with Crippen molar-refractivity contribution in [1.82, 2.24) is 25.1 Å². The first-order valence-electron chi connectivity index (χ1n) is 13.9. The molecule has 1 fully saturated rings. The van der Waals surface area contributed by atoms with E-state index in [0.717, 1.165) is 79.9 Å². The molecule has 41 heavy (non-hydrogen) atoms. The largest absolute Gasteiger partial charge is 0.353 e. The van der Waals surface area contributed by atoms with E-state index in [4.69, 9.17) is 4.98 Å². The van der Waals surface area contributed by atoms with Crippen LogP contribution in [0.25, 0.3) is 55.0 Å². The molecule has 5 aromatic heterocycles. The lowest BCUT2D eigenvalue weighted by atomic mass is 9.88. The Balaban J connectivity index is 1.22. The maximum absolute atomic E-state index is 12.8. The van der Waals surface area contributed by atoms with Gasteiger partial charge in [0.1, 0.15) is 11.2 Å². The zero-order chi connectivity index (χ0) is 27.9. The van der Waals surface area contributed by atoms with Gasteiger partial charge >= 0.3 is 0 Å². The van der Waals surface area contributed by atoms with Crippen LogP contribution in [0, 0.1) is 5.92 Å². The molecular formula is C32H28N6O2S. The first-order valence-corrected chi connectivity index (χ1v) is 14.7. The van der Waals surface area contributed by atoms with Gasteiger partial charge in [-0.25, -0.2) is 4.98 Å². The van der Waals surface area contributed by atoms with Crippen molar-refractivity contribution < 1.29 is 9.59 Å². The summed E-state index contributed by atoms with van der Waals surface area (Å²) >= 11 is 1.50. The number of nitrogens with one attached hydrogen (secondary N) is 3. The van der Waals surface area contributed by atoms with Crippen molar-refractivity contribution in [3.63, 3.8) is 0 Å². The Morgan fingerprint density at radius 1 is 0.976 bits per heavy atom. The zero-order valence-corrected chi connectivity index (χ0v) is 23.3. The lowest BCUT2D eigenvalue weighted by molar-refractivity contribution is -0.120. The topological polar surface area (TPSA) is 116 Å². The van der Waals surface area contributed by atoms with Gasteiger partial charge in [0.05, 0.1) is 33.7 Å². The van der Waals surface area contributed by atoms with Crippen LogP contribution in [0.4, 0.5) is 5.69 Å². The number of anilines is 1. The molecule has 8 nitrogen and oxygen atoms in total. The van der Waals surface area contributed by atoms with E-state index >= 15 is 0 Å². The second-order valence-electron chi connectivity index (χ2n) is 10.6. The molecule has 3 N–H and O–H groups in total. The molecule has 0 unspecified atom stereocenters. The summed E-state index contributed by atoms with van der Waals surface area (Å²) in [6, 6.07) is 17.9. The molecular weight excluding hydrogens is 532 g/mol. The normalized spacial score (nSPS) is 14.1. The van der Waals surface area contributed by atoms with E-state index in [9.17, 15) is 9.59 Å². The van der Waals surface area contributed by atoms with Crippen molar-refractivity contribution in [2.45, 2.75) is 39.0 Å². The molecule has 0 spiro atoms. The van der Waals surface area contributed by atoms with Crippen LogP contribution in [0.5, 0.6) is 0 Å². The van der Waals surface area contributed by atoms with Gasteiger partial charge in [-0.15, -0.1) is 11.3 Å². The molecule has 204 valence electrons. The lowest BCUT2D eigenvalue weighted by Crippen LogP contribution is -2.24. The van der Waals surface area contributed by atoms with Crippen LogP contribution in [0.15, 0.2) is 67.0 Å². The molecule has 9 heteroatoms. The van der Waals surface area contributed by atoms with Crippen molar-refractivity contribution in [2.75, 3.05) is 5.32 Å². The van der Waals surface area contributed by atoms with Crippen molar-refractivity contribution in [1.29, 1.82) is 0 Å². The average Bonchev–Trinajstić information content (AvgIpc) is 3.75. The number of thiophene rings is 1. The quantitative estimate of drug-likeness (QED) is 0.181. The molecule has 0 saturated heterocycles. The predicted molar refractivity (Wildman–Crippen MR) is 163 cm³/mol. The number of aromatic amines is 2. The fraction of sp³-hybridized carbons (Fsp3) is 0.219. The second kappa shape index (κ2) is 10.4. The third kappa shape index (κ3) is 4.82. The Bertz CT molecular complexity index is 1930. The molecule has 0 bridgehead atoms. The van der Waals surface area contributed by atoms with Gasteiger partial charge in [0.15, 0.2) is 5.78 Å². The molecule has 1 saturated carbocycles. The van der Waals surface area contributed by atoms with Crippen molar-refractivity contribution >= 4 is 50.7 Å². The summed E-state index contributed by atoms with van der Waals surface area (Å²) in [6.45, 7) is 1.59. The highest BCUT2D eigenvalue weighted by Crippen LogP contribution is 2.37. The number of hydrogen-bond donors (Lipinski definition) is 3. The van der Waals surface area contributed by atoms with E-state index in [1.807, 2.05) is 42.5 Å². The number of nitrogens with zero attached hydrogens (tertiary/aromatic N) is 3. The molecule has 1 aliphatic carbocycles. The minimum absolute atomic E-state index is 0.0698. The molecule has 1 aromatic carbocycles. The van der Waals surface area contributed by atoms with Crippen LogP contribution in [-0.4, -0.2) is 36.8 Å². The number of amides is 1. The number of Topliss-reactive ketones (excluding diaryl/α,β-unsaturated/α-hetero) is 1. The van der Waals surface area contributed by atoms with E-state index < -0.39 is 0 Å². The summed E-state index contributed by atoms with van der Waals surface area (Å²) in [5.41, 5.74) is 7.41. The number of aromatic nitrogens is 5. The highest BCUT2D eigenvalue weighted by atomic mass is 32.1. The Kier molecular flexibility index (Phi) is 6.43. The smallest absolute Gasteiger partial charge is 0.227 e. The van der Waals surface area contributed by atoms with Gasteiger partial charge in [-0.3, -0.25) is 19.7 Å². The van der Waals surface area contributed by atoms with Gasteiger partial charge in [-0.05, 0) is 62.2 Å². The lowest BCUT2D eigenvalue weighted by Gasteiger charge is -2.20. The summed E-state index contributed by atoms with van der Waals surface area (Å²) in [4.78, 5) is 39.3. The number of H-pyrrole nitrogens is 2. The summed E-state index contributed by atoms with van der Waals surface area (Å²) in [6.07, 6.45) is 8.77. The first kappa shape index (κ1) is 25.3. The van der Waals surface area contributed by atoms with Gasteiger partial charge in [-0.2, -0.15) is 5.10 Å². The molecule has 0 atom stereocenters. The third-order valence-electron chi connectivity index (χ3n) is 7.82. The van der Waals surface area contributed by atoms with E-state index in [0.29, 0.717) is 11.4 Å². The van der Waals surface area contributed by atoms with Crippen molar-refractivity contribution in [3.05, 3.63) is 71.9 Å². The monoisotopic (exact) mass is 560 g/mol. The summed E-state index contributed by atoms with van der Waals surface area (Å²) < 4.78 is 0. The SMILES string of the molecule is CC(=O)c1ccc(-c2cccc3[nH]c(-c4n[nH]c5ccc(-c6cncc(NC(=O)C7CCCCC7)c6)nc45)cc23)s1. The Morgan fingerprint density at radius 3 is 2.68 bits per heavy atom. The first-order chi connectivity index (χ1) is 20.0. The molecule has 0 aliphatic heterocycles. The number of carbonyl (C=O) groups excluding carboxylic acids is 2. The Morgan fingerprint density at radius 2 is 1.85 bits per heavy atom. The molecule has 0 radical (unpaired) electrons. The fourth-order valence-corrected chi connectivity index (χ4v) is 6.62. The van der Waals surface area contributed by atoms with E-state index in [-0.39, 0.29) is 17.6 Å².